The number of nitrogens with zero attached hydrogens (tertiary/aromatic N) is 3. The number of aromatic nitrogens is 2. The lowest BCUT2D eigenvalue weighted by Gasteiger charge is -2.31. The van der Waals surface area contributed by atoms with Crippen molar-refractivity contribution in [2.24, 2.45) is 5.92 Å². The number of nitrogens with one attached hydrogen (secondary N) is 1. The van der Waals surface area contributed by atoms with Crippen molar-refractivity contribution < 1.29 is 14.3 Å². The number of anilines is 1. The first-order valence-corrected chi connectivity index (χ1v) is 13.1. The predicted molar refractivity (Wildman–Crippen MR) is 148 cm³/mol. The summed E-state index contributed by atoms with van der Waals surface area (Å²) in [5.74, 6) is -0.128. The number of hydrogen-bond acceptors (Lipinski definition) is 6. The third-order valence-electron chi connectivity index (χ3n) is 6.04. The van der Waals surface area contributed by atoms with Crippen molar-refractivity contribution in [3.8, 4) is 0 Å². The molecular weight excluding hydrogens is 511 g/mol. The standard InChI is InChI=1S/C28H32Cl2N4O3/c1-4-5-17-34(28-31-15-8-16-32-28)24-14-13-20(18-19(24)2)9-6-12-23(27(36)37-3)33-26(35)25-21(29)10-7-11-22(25)30/h6-11,13-16,19,23H,4-5,12,17-18H2,1-3H3,(H,33,35)/b9-6+. The van der Waals surface area contributed by atoms with Crippen LogP contribution in [0.25, 0.3) is 0 Å². The number of methoxy groups -OCH3 is 1. The van der Waals surface area contributed by atoms with Gasteiger partial charge in [0, 0.05) is 30.6 Å². The van der Waals surface area contributed by atoms with Gasteiger partial charge in [-0.3, -0.25) is 4.79 Å². The summed E-state index contributed by atoms with van der Waals surface area (Å²) in [5, 5.41) is 3.11. The largest absolute Gasteiger partial charge is 0.467 e. The lowest BCUT2D eigenvalue weighted by Crippen LogP contribution is -2.41. The van der Waals surface area contributed by atoms with E-state index >= 15 is 0 Å². The van der Waals surface area contributed by atoms with Crippen LogP contribution in [0.4, 0.5) is 5.95 Å². The van der Waals surface area contributed by atoms with Crippen molar-refractivity contribution in [3.63, 3.8) is 0 Å². The lowest BCUT2D eigenvalue weighted by molar-refractivity contribution is -0.142. The molecule has 7 nitrogen and oxygen atoms in total. The van der Waals surface area contributed by atoms with Gasteiger partial charge < -0.3 is 15.0 Å². The average molecular weight is 543 g/mol. The maximum Gasteiger partial charge on any atom is 0.328 e. The molecule has 196 valence electrons. The zero-order valence-electron chi connectivity index (χ0n) is 21.3. The molecule has 0 spiro atoms. The fourth-order valence-electron chi connectivity index (χ4n) is 4.11. The molecule has 1 aromatic carbocycles. The summed E-state index contributed by atoms with van der Waals surface area (Å²) >= 11 is 12.3. The summed E-state index contributed by atoms with van der Waals surface area (Å²) < 4.78 is 4.89. The Morgan fingerprint density at radius 3 is 2.51 bits per heavy atom. The van der Waals surface area contributed by atoms with E-state index in [-0.39, 0.29) is 27.9 Å². The molecule has 1 aliphatic carbocycles. The summed E-state index contributed by atoms with van der Waals surface area (Å²) in [5.41, 5.74) is 2.41. The van der Waals surface area contributed by atoms with Gasteiger partial charge in [-0.1, -0.05) is 67.8 Å². The Morgan fingerprint density at radius 1 is 1.19 bits per heavy atom. The van der Waals surface area contributed by atoms with Crippen LogP contribution in [-0.2, 0) is 9.53 Å². The first-order valence-electron chi connectivity index (χ1n) is 12.3. The highest BCUT2D eigenvalue weighted by atomic mass is 35.5. The zero-order valence-corrected chi connectivity index (χ0v) is 22.8. The van der Waals surface area contributed by atoms with Crippen molar-refractivity contribution in [2.45, 2.75) is 45.6 Å². The molecule has 2 aromatic rings. The highest BCUT2D eigenvalue weighted by Crippen LogP contribution is 2.30. The third kappa shape index (κ3) is 7.66. The van der Waals surface area contributed by atoms with Gasteiger partial charge in [0.25, 0.3) is 5.91 Å². The molecule has 0 aliphatic heterocycles. The zero-order chi connectivity index (χ0) is 26.8. The fraction of sp³-hybridized carbons (Fsp3) is 0.357. The van der Waals surface area contributed by atoms with Crippen LogP contribution in [0, 0.1) is 5.92 Å². The molecule has 9 heteroatoms. The number of esters is 1. The topological polar surface area (TPSA) is 84.4 Å². The van der Waals surface area contributed by atoms with Gasteiger partial charge in [-0.25, -0.2) is 14.8 Å². The van der Waals surface area contributed by atoms with E-state index in [0.29, 0.717) is 5.95 Å². The quantitative estimate of drug-likeness (QED) is 0.342. The summed E-state index contributed by atoms with van der Waals surface area (Å²) in [6.45, 7) is 5.20. The molecule has 0 bridgehead atoms. The normalized spacial score (nSPS) is 16.1. The van der Waals surface area contributed by atoms with Crippen LogP contribution >= 0.6 is 23.2 Å². The van der Waals surface area contributed by atoms with Crippen LogP contribution in [0.2, 0.25) is 10.0 Å². The second kappa shape index (κ2) is 14.0. The Balaban J connectivity index is 1.72. The Kier molecular flexibility index (Phi) is 10.7. The first kappa shape index (κ1) is 28.4. The highest BCUT2D eigenvalue weighted by molar-refractivity contribution is 6.39. The summed E-state index contributed by atoms with van der Waals surface area (Å²) in [6, 6.07) is 5.73. The van der Waals surface area contributed by atoms with Crippen LogP contribution in [-0.4, -0.2) is 41.5 Å². The third-order valence-corrected chi connectivity index (χ3v) is 6.67. The minimum atomic E-state index is -0.881. The average Bonchev–Trinajstić information content (AvgIpc) is 2.89. The van der Waals surface area contributed by atoms with E-state index in [9.17, 15) is 9.59 Å². The number of carbonyl (C=O) groups excluding carboxylic acids is 2. The number of unbranched alkanes of at least 4 members (excludes halogenated alkanes) is 1. The lowest BCUT2D eigenvalue weighted by atomic mass is 9.91. The van der Waals surface area contributed by atoms with Crippen molar-refractivity contribution in [1.82, 2.24) is 15.3 Å². The van der Waals surface area contributed by atoms with Gasteiger partial charge in [0.05, 0.1) is 22.7 Å². The van der Waals surface area contributed by atoms with Gasteiger partial charge in [0.15, 0.2) is 0 Å². The minimum Gasteiger partial charge on any atom is -0.467 e. The number of ether oxygens (including phenoxy) is 1. The molecule has 1 N–H and O–H groups in total. The molecule has 37 heavy (non-hydrogen) atoms. The van der Waals surface area contributed by atoms with Crippen LogP contribution in [0.1, 0.15) is 49.9 Å². The molecule has 0 saturated carbocycles. The Labute approximate surface area is 228 Å². The van der Waals surface area contributed by atoms with E-state index in [1.165, 1.54) is 12.8 Å². The van der Waals surface area contributed by atoms with E-state index in [4.69, 9.17) is 27.9 Å². The van der Waals surface area contributed by atoms with E-state index < -0.39 is 17.9 Å². The van der Waals surface area contributed by atoms with Crippen molar-refractivity contribution in [1.29, 1.82) is 0 Å². The smallest absolute Gasteiger partial charge is 0.328 e. The Hall–Kier alpha value is -3.16. The summed E-state index contributed by atoms with van der Waals surface area (Å²) in [7, 11) is 1.28. The number of allylic oxidation sites excluding steroid dienone is 5. The van der Waals surface area contributed by atoms with Gasteiger partial charge in [-0.15, -0.1) is 0 Å². The second-order valence-corrected chi connectivity index (χ2v) is 9.59. The molecule has 1 aromatic heterocycles. The predicted octanol–water partition coefficient (Wildman–Crippen LogP) is 6.16. The van der Waals surface area contributed by atoms with E-state index in [1.54, 1.807) is 30.6 Å². The summed E-state index contributed by atoms with van der Waals surface area (Å²) in [6.07, 6.45) is 14.7. The van der Waals surface area contributed by atoms with Gasteiger partial charge in [0.1, 0.15) is 6.04 Å². The Bertz CT molecular complexity index is 1160. The molecule has 1 heterocycles. The SMILES string of the molecule is CCCCN(C1=CC=C(/C=C/CC(NC(=O)c2c(Cl)cccc2Cl)C(=O)OC)CC1C)c1ncccn1. The van der Waals surface area contributed by atoms with Gasteiger partial charge in [-0.2, -0.15) is 0 Å². The van der Waals surface area contributed by atoms with Crippen LogP contribution in [0.5, 0.6) is 0 Å². The number of halogens is 2. The first-order chi connectivity index (χ1) is 17.8. The van der Waals surface area contributed by atoms with Gasteiger partial charge in [-0.05, 0) is 49.1 Å². The maximum absolute atomic E-state index is 12.8. The molecule has 3 rings (SSSR count). The van der Waals surface area contributed by atoms with Crippen LogP contribution in [0.3, 0.4) is 0 Å². The number of amides is 1. The molecule has 0 saturated heterocycles. The molecule has 2 unspecified atom stereocenters. The number of rotatable bonds is 11. The molecule has 0 fully saturated rings. The number of carbonyl (C=O) groups is 2. The van der Waals surface area contributed by atoms with Crippen molar-refractivity contribution in [3.05, 3.63) is 87.8 Å². The monoisotopic (exact) mass is 542 g/mol. The minimum absolute atomic E-state index is 0.125. The van der Waals surface area contributed by atoms with Gasteiger partial charge in [0.2, 0.25) is 5.95 Å². The maximum atomic E-state index is 12.8. The van der Waals surface area contributed by atoms with Crippen LogP contribution in [0.15, 0.2) is 72.2 Å². The molecular formula is C28H32Cl2N4O3. The van der Waals surface area contributed by atoms with Crippen molar-refractivity contribution in [2.75, 3.05) is 18.6 Å². The molecule has 1 amide bonds. The molecule has 0 radical (unpaired) electrons. The number of hydrogen-bond donors (Lipinski definition) is 1. The Morgan fingerprint density at radius 2 is 1.89 bits per heavy atom. The fourth-order valence-corrected chi connectivity index (χ4v) is 4.68. The molecule has 2 atom stereocenters. The van der Waals surface area contributed by atoms with Gasteiger partial charge >= 0.3 is 5.97 Å². The molecule has 1 aliphatic rings. The van der Waals surface area contributed by atoms with E-state index in [2.05, 4.69) is 46.2 Å². The second-order valence-electron chi connectivity index (χ2n) is 8.78. The van der Waals surface area contributed by atoms with E-state index in [1.807, 2.05) is 18.2 Å². The number of benzene rings is 1. The van der Waals surface area contributed by atoms with E-state index in [0.717, 1.165) is 31.4 Å². The summed E-state index contributed by atoms with van der Waals surface area (Å²) in [4.78, 5) is 36.2. The van der Waals surface area contributed by atoms with Crippen LogP contribution < -0.4 is 10.2 Å². The highest BCUT2D eigenvalue weighted by Gasteiger charge is 2.25. The van der Waals surface area contributed by atoms with Crippen molar-refractivity contribution >= 4 is 41.0 Å².